The first-order valence-corrected chi connectivity index (χ1v) is 9.66. The molecule has 1 aliphatic rings. The quantitative estimate of drug-likeness (QED) is 0.389. The maximum atomic E-state index is 12.5. The number of carbonyl (C=O) groups excluding carboxylic acids is 3. The zero-order valence-electron chi connectivity index (χ0n) is 17.4. The largest absolute Gasteiger partial charge is 0.469 e. The minimum Gasteiger partial charge on any atom is -0.469 e. The summed E-state index contributed by atoms with van der Waals surface area (Å²) in [6.45, 7) is 5.15. The lowest BCUT2D eigenvalue weighted by atomic mass is 9.68. The summed E-state index contributed by atoms with van der Waals surface area (Å²) in [5.74, 6) is -1.81. The van der Waals surface area contributed by atoms with Gasteiger partial charge in [-0.3, -0.25) is 4.79 Å². The van der Waals surface area contributed by atoms with Gasteiger partial charge in [0.2, 0.25) is 5.54 Å². The van der Waals surface area contributed by atoms with Crippen molar-refractivity contribution in [2.45, 2.75) is 89.7 Å². The van der Waals surface area contributed by atoms with Crippen LogP contribution in [-0.2, 0) is 28.6 Å². The third kappa shape index (κ3) is 6.79. The van der Waals surface area contributed by atoms with Crippen LogP contribution >= 0.6 is 0 Å². The van der Waals surface area contributed by atoms with E-state index in [9.17, 15) is 14.4 Å². The number of carbonyl (C=O) groups is 3. The van der Waals surface area contributed by atoms with Gasteiger partial charge in [0.1, 0.15) is 5.60 Å². The minimum atomic E-state index is -1.84. The molecular weight excluding hydrogens is 350 g/mol. The summed E-state index contributed by atoms with van der Waals surface area (Å²) in [6, 6.07) is 0. The van der Waals surface area contributed by atoms with Gasteiger partial charge in [0.25, 0.3) is 0 Å². The van der Waals surface area contributed by atoms with Crippen LogP contribution in [0.15, 0.2) is 0 Å². The highest BCUT2D eigenvalue weighted by Gasteiger charge is 2.46. The molecule has 0 aromatic carbocycles. The topological polar surface area (TPSA) is 105 Å². The monoisotopic (exact) mass is 385 g/mol. The van der Waals surface area contributed by atoms with E-state index >= 15 is 0 Å². The molecule has 156 valence electrons. The molecular formula is C20H35NO6. The first-order chi connectivity index (χ1) is 12.5. The predicted molar refractivity (Wildman–Crippen MR) is 101 cm³/mol. The van der Waals surface area contributed by atoms with Crippen molar-refractivity contribution in [3.8, 4) is 0 Å². The van der Waals surface area contributed by atoms with Crippen LogP contribution in [0.25, 0.3) is 0 Å². The lowest BCUT2D eigenvalue weighted by molar-refractivity contribution is -0.171. The SMILES string of the molecule is COC(=O)CC1(CCCC(N)(C(=O)OC)C(=O)OC(C)(C)C)CCCCC1. The standard InChI is InChI=1S/C20H35NO6/c1-18(2,3)27-17(24)20(21,16(23)26-5)13-9-12-19(14-15(22)25-4)10-7-6-8-11-19/h6-14,21H2,1-5H3. The van der Waals surface area contributed by atoms with Crippen LogP contribution in [0.2, 0.25) is 0 Å². The number of hydrogen-bond acceptors (Lipinski definition) is 7. The molecule has 7 heteroatoms. The van der Waals surface area contributed by atoms with E-state index in [0.717, 1.165) is 32.1 Å². The van der Waals surface area contributed by atoms with Crippen molar-refractivity contribution in [2.24, 2.45) is 11.1 Å². The number of rotatable bonds is 8. The van der Waals surface area contributed by atoms with Crippen molar-refractivity contribution in [1.82, 2.24) is 0 Å². The molecule has 0 saturated heterocycles. The first-order valence-electron chi connectivity index (χ1n) is 9.66. The van der Waals surface area contributed by atoms with Crippen LogP contribution in [0.5, 0.6) is 0 Å². The van der Waals surface area contributed by atoms with Crippen molar-refractivity contribution >= 4 is 17.9 Å². The number of esters is 3. The summed E-state index contributed by atoms with van der Waals surface area (Å²) in [5.41, 5.74) is 3.39. The van der Waals surface area contributed by atoms with Crippen LogP contribution < -0.4 is 5.73 Å². The third-order valence-electron chi connectivity index (χ3n) is 5.25. The molecule has 0 amide bonds. The van der Waals surface area contributed by atoms with Gasteiger partial charge in [0.15, 0.2) is 0 Å². The van der Waals surface area contributed by atoms with Crippen LogP contribution in [0.4, 0.5) is 0 Å². The summed E-state index contributed by atoms with van der Waals surface area (Å²) < 4.78 is 15.0. The average Bonchev–Trinajstić information content (AvgIpc) is 2.59. The van der Waals surface area contributed by atoms with E-state index < -0.39 is 23.1 Å². The van der Waals surface area contributed by atoms with E-state index in [-0.39, 0.29) is 17.8 Å². The Hall–Kier alpha value is -1.63. The summed E-state index contributed by atoms with van der Waals surface area (Å²) >= 11 is 0. The third-order valence-corrected chi connectivity index (χ3v) is 5.25. The van der Waals surface area contributed by atoms with E-state index in [1.165, 1.54) is 14.2 Å². The van der Waals surface area contributed by atoms with Crippen LogP contribution in [0.1, 0.15) is 78.6 Å². The normalized spacial score (nSPS) is 18.9. The Balaban J connectivity index is 2.85. The fourth-order valence-corrected chi connectivity index (χ4v) is 3.78. The highest BCUT2D eigenvalue weighted by atomic mass is 16.6. The van der Waals surface area contributed by atoms with Crippen LogP contribution in [-0.4, -0.2) is 43.3 Å². The molecule has 7 nitrogen and oxygen atoms in total. The molecule has 0 aromatic heterocycles. The van der Waals surface area contributed by atoms with Crippen molar-refractivity contribution in [3.63, 3.8) is 0 Å². The van der Waals surface area contributed by atoms with E-state index in [1.54, 1.807) is 20.8 Å². The molecule has 27 heavy (non-hydrogen) atoms. The first kappa shape index (κ1) is 23.4. The van der Waals surface area contributed by atoms with Gasteiger partial charge in [-0.2, -0.15) is 0 Å². The molecule has 1 fully saturated rings. The Labute approximate surface area is 162 Å². The molecule has 1 atom stereocenters. The average molecular weight is 386 g/mol. The van der Waals surface area contributed by atoms with E-state index in [0.29, 0.717) is 19.3 Å². The predicted octanol–water partition coefficient (Wildman–Crippen LogP) is 2.88. The smallest absolute Gasteiger partial charge is 0.338 e. The second kappa shape index (κ2) is 9.53. The van der Waals surface area contributed by atoms with E-state index in [4.69, 9.17) is 19.9 Å². The van der Waals surface area contributed by atoms with Gasteiger partial charge in [0.05, 0.1) is 20.6 Å². The zero-order valence-corrected chi connectivity index (χ0v) is 17.4. The molecule has 0 aliphatic heterocycles. The Kier molecular flexibility index (Phi) is 8.26. The van der Waals surface area contributed by atoms with Crippen molar-refractivity contribution in [3.05, 3.63) is 0 Å². The van der Waals surface area contributed by atoms with Gasteiger partial charge < -0.3 is 19.9 Å². The Bertz CT molecular complexity index is 533. The Morgan fingerprint density at radius 2 is 1.56 bits per heavy atom. The number of hydrogen-bond donors (Lipinski definition) is 1. The molecule has 0 radical (unpaired) electrons. The molecule has 0 heterocycles. The lowest BCUT2D eigenvalue weighted by Gasteiger charge is -2.37. The van der Waals surface area contributed by atoms with Gasteiger partial charge >= 0.3 is 17.9 Å². The number of methoxy groups -OCH3 is 2. The van der Waals surface area contributed by atoms with Crippen molar-refractivity contribution < 1.29 is 28.6 Å². The Morgan fingerprint density at radius 3 is 2.04 bits per heavy atom. The highest BCUT2D eigenvalue weighted by Crippen LogP contribution is 2.44. The van der Waals surface area contributed by atoms with Crippen LogP contribution in [0, 0.1) is 5.41 Å². The lowest BCUT2D eigenvalue weighted by Crippen LogP contribution is -2.57. The van der Waals surface area contributed by atoms with Crippen molar-refractivity contribution in [1.29, 1.82) is 0 Å². The van der Waals surface area contributed by atoms with E-state index in [2.05, 4.69) is 0 Å². The molecule has 1 aliphatic carbocycles. The number of ether oxygens (including phenoxy) is 3. The van der Waals surface area contributed by atoms with Crippen molar-refractivity contribution in [2.75, 3.05) is 14.2 Å². The molecule has 0 spiro atoms. The second-order valence-corrected chi connectivity index (χ2v) is 8.63. The molecule has 2 N–H and O–H groups in total. The second-order valence-electron chi connectivity index (χ2n) is 8.63. The van der Waals surface area contributed by atoms with Gasteiger partial charge in [0, 0.05) is 0 Å². The van der Waals surface area contributed by atoms with Gasteiger partial charge in [-0.05, 0) is 58.3 Å². The summed E-state index contributed by atoms with van der Waals surface area (Å²) in [5, 5.41) is 0. The summed E-state index contributed by atoms with van der Waals surface area (Å²) in [6.07, 6.45) is 6.83. The molecule has 1 rings (SSSR count). The molecule has 1 unspecified atom stereocenters. The molecule has 0 bridgehead atoms. The maximum absolute atomic E-state index is 12.5. The van der Waals surface area contributed by atoms with Crippen LogP contribution in [0.3, 0.4) is 0 Å². The Morgan fingerprint density at radius 1 is 0.963 bits per heavy atom. The maximum Gasteiger partial charge on any atom is 0.338 e. The summed E-state index contributed by atoms with van der Waals surface area (Å²) in [7, 11) is 2.59. The van der Waals surface area contributed by atoms with Gasteiger partial charge in [-0.15, -0.1) is 0 Å². The number of nitrogens with two attached hydrogens (primary N) is 1. The molecule has 0 aromatic rings. The fourth-order valence-electron chi connectivity index (χ4n) is 3.78. The minimum absolute atomic E-state index is 0.109. The van der Waals surface area contributed by atoms with E-state index in [1.807, 2.05) is 0 Å². The summed E-state index contributed by atoms with van der Waals surface area (Å²) in [4.78, 5) is 36.6. The van der Waals surface area contributed by atoms with Gasteiger partial charge in [-0.25, -0.2) is 9.59 Å². The fraction of sp³-hybridized carbons (Fsp3) is 0.850. The zero-order chi connectivity index (χ0) is 20.7. The molecule has 1 saturated carbocycles. The highest BCUT2D eigenvalue weighted by molar-refractivity contribution is 6.04. The van der Waals surface area contributed by atoms with Gasteiger partial charge in [-0.1, -0.05) is 19.3 Å².